The Morgan fingerprint density at radius 3 is 2.28 bits per heavy atom. The molecule has 0 saturated carbocycles. The van der Waals surface area contributed by atoms with Crippen molar-refractivity contribution in [2.45, 2.75) is 19.0 Å². The van der Waals surface area contributed by atoms with Crippen molar-refractivity contribution in [2.75, 3.05) is 7.11 Å². The quantitative estimate of drug-likeness (QED) is 0.717. The summed E-state index contributed by atoms with van der Waals surface area (Å²) in [6.07, 6.45) is 4.52. The molecule has 128 valence electrons. The van der Waals surface area contributed by atoms with Crippen LogP contribution >= 0.6 is 0 Å². The molecule has 2 aromatic carbocycles. The Kier molecular flexibility index (Phi) is 5.52. The van der Waals surface area contributed by atoms with Gasteiger partial charge in [-0.05, 0) is 35.4 Å². The molecule has 0 unspecified atom stereocenters. The lowest BCUT2D eigenvalue weighted by Gasteiger charge is -2.19. The lowest BCUT2D eigenvalue weighted by molar-refractivity contribution is -0.124. The van der Waals surface area contributed by atoms with E-state index in [1.165, 1.54) is 0 Å². The molecule has 1 amide bonds. The van der Waals surface area contributed by atoms with E-state index in [2.05, 4.69) is 5.32 Å². The number of carbonyl (C=O) groups is 1. The van der Waals surface area contributed by atoms with Crippen LogP contribution in [0.15, 0.2) is 79.1 Å². The molecule has 0 fully saturated rings. The van der Waals surface area contributed by atoms with Crippen molar-refractivity contribution < 1.29 is 9.53 Å². The van der Waals surface area contributed by atoms with E-state index in [0.717, 1.165) is 16.9 Å². The van der Waals surface area contributed by atoms with Gasteiger partial charge in [-0.2, -0.15) is 0 Å². The van der Waals surface area contributed by atoms with Crippen LogP contribution in [0.3, 0.4) is 0 Å². The predicted octanol–water partition coefficient (Wildman–Crippen LogP) is 3.60. The summed E-state index contributed by atoms with van der Waals surface area (Å²) in [6, 6.07) is 21.4. The van der Waals surface area contributed by atoms with E-state index in [4.69, 9.17) is 4.74 Å². The summed E-state index contributed by atoms with van der Waals surface area (Å²) in [5, 5.41) is 3.04. The highest BCUT2D eigenvalue weighted by Crippen LogP contribution is 2.16. The SMILES string of the molecule is COc1ccc(CNC(=O)[C@H](Cc2ccccc2)n2cccc2)cc1. The second-order valence-electron chi connectivity index (χ2n) is 5.90. The molecular weight excluding hydrogens is 312 g/mol. The zero-order valence-corrected chi connectivity index (χ0v) is 14.3. The molecule has 3 rings (SSSR count). The third-order valence-corrected chi connectivity index (χ3v) is 4.19. The number of amides is 1. The Bertz CT molecular complexity index is 781. The van der Waals surface area contributed by atoms with Crippen LogP contribution in [-0.4, -0.2) is 17.6 Å². The van der Waals surface area contributed by atoms with Crippen molar-refractivity contribution in [1.29, 1.82) is 0 Å². The van der Waals surface area contributed by atoms with Crippen molar-refractivity contribution in [3.8, 4) is 5.75 Å². The molecule has 1 heterocycles. The van der Waals surface area contributed by atoms with Gasteiger partial charge in [-0.25, -0.2) is 0 Å². The van der Waals surface area contributed by atoms with Gasteiger partial charge >= 0.3 is 0 Å². The van der Waals surface area contributed by atoms with Crippen LogP contribution in [0, 0.1) is 0 Å². The zero-order valence-electron chi connectivity index (χ0n) is 14.3. The highest BCUT2D eigenvalue weighted by molar-refractivity contribution is 5.80. The monoisotopic (exact) mass is 334 g/mol. The fourth-order valence-corrected chi connectivity index (χ4v) is 2.78. The molecule has 0 saturated heterocycles. The first kappa shape index (κ1) is 16.8. The Labute approximate surface area is 148 Å². The molecule has 0 radical (unpaired) electrons. The van der Waals surface area contributed by atoms with Crippen molar-refractivity contribution in [1.82, 2.24) is 9.88 Å². The number of hydrogen-bond acceptors (Lipinski definition) is 2. The van der Waals surface area contributed by atoms with E-state index in [1.54, 1.807) is 7.11 Å². The standard InChI is InChI=1S/C21H22N2O2/c1-25-19-11-9-18(10-12-19)16-22-21(24)20(23-13-5-6-14-23)15-17-7-3-2-4-8-17/h2-14,20H,15-16H2,1H3,(H,22,24)/t20-/m0/s1. The largest absolute Gasteiger partial charge is 0.497 e. The third kappa shape index (κ3) is 4.51. The van der Waals surface area contributed by atoms with Gasteiger partial charge in [0.1, 0.15) is 11.8 Å². The van der Waals surface area contributed by atoms with Gasteiger partial charge in [-0.1, -0.05) is 42.5 Å². The van der Waals surface area contributed by atoms with E-state index >= 15 is 0 Å². The Hall–Kier alpha value is -3.01. The molecular formula is C21H22N2O2. The van der Waals surface area contributed by atoms with Gasteiger partial charge in [0, 0.05) is 25.4 Å². The summed E-state index contributed by atoms with van der Waals surface area (Å²) in [4.78, 5) is 12.8. The van der Waals surface area contributed by atoms with E-state index in [0.29, 0.717) is 13.0 Å². The average molecular weight is 334 g/mol. The minimum absolute atomic E-state index is 0.0101. The van der Waals surface area contributed by atoms with Gasteiger partial charge < -0.3 is 14.6 Å². The number of nitrogens with zero attached hydrogens (tertiary/aromatic N) is 1. The molecule has 3 aromatic rings. The first-order chi connectivity index (χ1) is 12.3. The highest BCUT2D eigenvalue weighted by Gasteiger charge is 2.19. The van der Waals surface area contributed by atoms with Crippen LogP contribution < -0.4 is 10.1 Å². The van der Waals surface area contributed by atoms with E-state index in [-0.39, 0.29) is 11.9 Å². The summed E-state index contributed by atoms with van der Waals surface area (Å²) < 4.78 is 7.11. The predicted molar refractivity (Wildman–Crippen MR) is 98.5 cm³/mol. The van der Waals surface area contributed by atoms with Gasteiger partial charge in [0.25, 0.3) is 0 Å². The summed E-state index contributed by atoms with van der Waals surface area (Å²) >= 11 is 0. The maximum absolute atomic E-state index is 12.8. The number of carbonyl (C=O) groups excluding carboxylic acids is 1. The first-order valence-electron chi connectivity index (χ1n) is 8.33. The molecule has 0 bridgehead atoms. The molecule has 1 atom stereocenters. The molecule has 25 heavy (non-hydrogen) atoms. The summed E-state index contributed by atoms with van der Waals surface area (Å²) in [6.45, 7) is 0.495. The van der Waals surface area contributed by atoms with Crippen LogP contribution in [0.5, 0.6) is 5.75 Å². The number of methoxy groups -OCH3 is 1. The van der Waals surface area contributed by atoms with Gasteiger partial charge in [0.15, 0.2) is 0 Å². The molecule has 0 aliphatic rings. The van der Waals surface area contributed by atoms with Crippen LogP contribution in [0.2, 0.25) is 0 Å². The number of aromatic nitrogens is 1. The third-order valence-electron chi connectivity index (χ3n) is 4.19. The van der Waals surface area contributed by atoms with Crippen LogP contribution in [0.4, 0.5) is 0 Å². The molecule has 1 aromatic heterocycles. The number of hydrogen-bond donors (Lipinski definition) is 1. The fourth-order valence-electron chi connectivity index (χ4n) is 2.78. The normalized spacial score (nSPS) is 11.7. The average Bonchev–Trinajstić information content (AvgIpc) is 3.20. The first-order valence-corrected chi connectivity index (χ1v) is 8.33. The summed E-state index contributed by atoms with van der Waals surface area (Å²) in [5.41, 5.74) is 2.18. The van der Waals surface area contributed by atoms with Gasteiger partial charge in [-0.3, -0.25) is 4.79 Å². The number of rotatable bonds is 7. The molecule has 0 aliphatic heterocycles. The maximum atomic E-state index is 12.8. The Morgan fingerprint density at radius 2 is 1.64 bits per heavy atom. The number of nitrogens with one attached hydrogen (secondary N) is 1. The lowest BCUT2D eigenvalue weighted by Crippen LogP contribution is -2.33. The van der Waals surface area contributed by atoms with E-state index < -0.39 is 0 Å². The molecule has 0 spiro atoms. The minimum atomic E-state index is -0.268. The van der Waals surface area contributed by atoms with Crippen molar-refractivity contribution in [3.63, 3.8) is 0 Å². The fraction of sp³-hybridized carbons (Fsp3) is 0.190. The summed E-state index contributed by atoms with van der Waals surface area (Å²) in [5.74, 6) is 0.820. The van der Waals surface area contributed by atoms with Gasteiger partial charge in [0.05, 0.1) is 7.11 Å². The van der Waals surface area contributed by atoms with Gasteiger partial charge in [-0.15, -0.1) is 0 Å². The van der Waals surface area contributed by atoms with E-state index in [1.807, 2.05) is 83.7 Å². The second kappa shape index (κ2) is 8.20. The summed E-state index contributed by atoms with van der Waals surface area (Å²) in [7, 11) is 1.64. The van der Waals surface area contributed by atoms with Gasteiger partial charge in [0.2, 0.25) is 5.91 Å². The zero-order chi connectivity index (χ0) is 17.5. The Morgan fingerprint density at radius 1 is 0.960 bits per heavy atom. The molecule has 4 nitrogen and oxygen atoms in total. The van der Waals surface area contributed by atoms with Crippen molar-refractivity contribution in [3.05, 3.63) is 90.3 Å². The second-order valence-corrected chi connectivity index (χ2v) is 5.90. The maximum Gasteiger partial charge on any atom is 0.243 e. The smallest absolute Gasteiger partial charge is 0.243 e. The Balaban J connectivity index is 1.68. The van der Waals surface area contributed by atoms with Crippen molar-refractivity contribution >= 4 is 5.91 Å². The van der Waals surface area contributed by atoms with Crippen molar-refractivity contribution in [2.24, 2.45) is 0 Å². The molecule has 0 aliphatic carbocycles. The lowest BCUT2D eigenvalue weighted by atomic mass is 10.0. The van der Waals surface area contributed by atoms with Crippen LogP contribution in [0.1, 0.15) is 17.2 Å². The van der Waals surface area contributed by atoms with Crippen LogP contribution in [-0.2, 0) is 17.8 Å². The number of ether oxygens (including phenoxy) is 1. The topological polar surface area (TPSA) is 43.3 Å². The minimum Gasteiger partial charge on any atom is -0.497 e. The number of benzene rings is 2. The van der Waals surface area contributed by atoms with E-state index in [9.17, 15) is 4.79 Å². The highest BCUT2D eigenvalue weighted by atomic mass is 16.5. The molecule has 1 N–H and O–H groups in total. The molecule has 4 heteroatoms. The van der Waals surface area contributed by atoms with Crippen LogP contribution in [0.25, 0.3) is 0 Å².